The topological polar surface area (TPSA) is 95.6 Å². The van der Waals surface area contributed by atoms with Gasteiger partial charge in [0, 0.05) is 24.8 Å². The van der Waals surface area contributed by atoms with Crippen molar-refractivity contribution in [2.45, 2.75) is 31.9 Å². The smallest absolute Gasteiger partial charge is 0.239 e. The molecule has 0 fully saturated rings. The van der Waals surface area contributed by atoms with Gasteiger partial charge in [-0.2, -0.15) is 11.8 Å². The normalized spacial score (nSPS) is 11.3. The fourth-order valence-corrected chi connectivity index (χ4v) is 2.39. The average molecular weight is 317 g/mol. The van der Waals surface area contributed by atoms with Gasteiger partial charge in [-0.3, -0.25) is 24.1 Å². The summed E-state index contributed by atoms with van der Waals surface area (Å²) in [6, 6.07) is 0. The zero-order valence-electron chi connectivity index (χ0n) is 12.5. The molecule has 1 unspecified atom stereocenters. The van der Waals surface area contributed by atoms with Crippen LogP contribution in [-0.2, 0) is 19.2 Å². The van der Waals surface area contributed by atoms with Crippen molar-refractivity contribution in [3.63, 3.8) is 0 Å². The third-order valence-corrected chi connectivity index (χ3v) is 3.92. The lowest BCUT2D eigenvalue weighted by atomic mass is 10.3. The van der Waals surface area contributed by atoms with Crippen LogP contribution >= 0.6 is 11.8 Å². The van der Waals surface area contributed by atoms with E-state index >= 15 is 0 Å². The van der Waals surface area contributed by atoms with Gasteiger partial charge in [0.2, 0.25) is 24.6 Å². The quantitative estimate of drug-likeness (QED) is 0.484. The number of carbonyl (C=O) groups is 4. The van der Waals surface area contributed by atoms with Gasteiger partial charge in [-0.1, -0.05) is 13.8 Å². The summed E-state index contributed by atoms with van der Waals surface area (Å²) in [5, 5.41) is 4.89. The van der Waals surface area contributed by atoms with E-state index in [-0.39, 0.29) is 36.7 Å². The highest BCUT2D eigenvalue weighted by Crippen LogP contribution is 2.15. The minimum atomic E-state index is -0.368. The molecule has 120 valence electrons. The van der Waals surface area contributed by atoms with Gasteiger partial charge in [0.05, 0.1) is 6.54 Å². The molecule has 8 heteroatoms. The molecule has 0 aliphatic rings. The fraction of sp³-hybridized carbons (Fsp3) is 0.692. The summed E-state index contributed by atoms with van der Waals surface area (Å²) in [4.78, 5) is 45.1. The zero-order valence-corrected chi connectivity index (χ0v) is 13.3. The largest absolute Gasteiger partial charge is 0.353 e. The molecule has 0 bridgehead atoms. The summed E-state index contributed by atoms with van der Waals surface area (Å²) in [7, 11) is 0. The minimum absolute atomic E-state index is 0.122. The van der Waals surface area contributed by atoms with Crippen molar-refractivity contribution in [2.24, 2.45) is 0 Å². The van der Waals surface area contributed by atoms with Crippen LogP contribution in [0.3, 0.4) is 0 Å². The minimum Gasteiger partial charge on any atom is -0.353 e. The summed E-state index contributed by atoms with van der Waals surface area (Å²) in [6.45, 7) is 4.19. The number of rotatable bonds is 12. The predicted octanol–water partition coefficient (Wildman–Crippen LogP) is -0.245. The van der Waals surface area contributed by atoms with Gasteiger partial charge in [-0.25, -0.2) is 0 Å². The Hall–Kier alpha value is -1.57. The molecular weight excluding hydrogens is 294 g/mol. The molecular formula is C13H23N3O4S. The van der Waals surface area contributed by atoms with Crippen molar-refractivity contribution < 1.29 is 19.2 Å². The van der Waals surface area contributed by atoms with E-state index in [1.54, 1.807) is 11.8 Å². The van der Waals surface area contributed by atoms with E-state index < -0.39 is 0 Å². The van der Waals surface area contributed by atoms with Crippen LogP contribution in [0.25, 0.3) is 0 Å². The van der Waals surface area contributed by atoms with Gasteiger partial charge in [0.25, 0.3) is 0 Å². The molecule has 0 aromatic heterocycles. The molecule has 0 aromatic carbocycles. The molecule has 0 saturated carbocycles. The number of carbonyl (C=O) groups excluding carboxylic acids is 4. The molecule has 0 heterocycles. The molecule has 21 heavy (non-hydrogen) atoms. The number of thioether (sulfide) groups is 1. The molecule has 0 aliphatic carbocycles. The van der Waals surface area contributed by atoms with E-state index in [9.17, 15) is 19.2 Å². The summed E-state index contributed by atoms with van der Waals surface area (Å²) in [5.74, 6) is 0.364. The molecule has 0 rings (SSSR count). The Morgan fingerprint density at radius 2 is 2.05 bits per heavy atom. The van der Waals surface area contributed by atoms with Gasteiger partial charge in [0.1, 0.15) is 0 Å². The highest BCUT2D eigenvalue weighted by Gasteiger charge is 2.16. The van der Waals surface area contributed by atoms with Gasteiger partial charge in [0.15, 0.2) is 0 Å². The first-order valence-electron chi connectivity index (χ1n) is 6.85. The molecule has 1 atom stereocenters. The van der Waals surface area contributed by atoms with Crippen LogP contribution in [-0.4, -0.2) is 60.2 Å². The lowest BCUT2D eigenvalue weighted by Gasteiger charge is -2.18. The van der Waals surface area contributed by atoms with Crippen molar-refractivity contribution in [2.75, 3.05) is 25.4 Å². The van der Waals surface area contributed by atoms with Crippen LogP contribution in [0.5, 0.6) is 0 Å². The Morgan fingerprint density at radius 1 is 1.33 bits per heavy atom. The van der Waals surface area contributed by atoms with Crippen molar-refractivity contribution in [3.05, 3.63) is 0 Å². The standard InChI is InChI=1S/C13H23N3O4S/c1-3-6-21-11(2)7-13(20)16(10-18)5-4-15-12(19)8-14-9-17/h9-11H,3-8H2,1-2H3,(H,14,17)(H,15,19). The maximum absolute atomic E-state index is 11.9. The van der Waals surface area contributed by atoms with Gasteiger partial charge < -0.3 is 10.6 Å². The molecule has 4 amide bonds. The number of hydrogen-bond acceptors (Lipinski definition) is 5. The second-order valence-electron chi connectivity index (χ2n) is 4.43. The average Bonchev–Trinajstić information content (AvgIpc) is 2.47. The van der Waals surface area contributed by atoms with E-state index in [1.165, 1.54) is 0 Å². The number of hydrogen-bond donors (Lipinski definition) is 2. The molecule has 0 radical (unpaired) electrons. The molecule has 0 aromatic rings. The SMILES string of the molecule is CCCSC(C)CC(=O)N(C=O)CCNC(=O)CNC=O. The number of amides is 4. The second-order valence-corrected chi connectivity index (χ2v) is 5.97. The van der Waals surface area contributed by atoms with Gasteiger partial charge in [-0.15, -0.1) is 0 Å². The van der Waals surface area contributed by atoms with E-state index in [4.69, 9.17) is 0 Å². The Kier molecular flexibility index (Phi) is 11.3. The molecule has 7 nitrogen and oxygen atoms in total. The zero-order chi connectivity index (χ0) is 16.1. The van der Waals surface area contributed by atoms with Crippen LogP contribution in [0.4, 0.5) is 0 Å². The molecule has 0 saturated heterocycles. The first kappa shape index (κ1) is 19.4. The van der Waals surface area contributed by atoms with Crippen molar-refractivity contribution in [1.29, 1.82) is 0 Å². The van der Waals surface area contributed by atoms with Crippen LogP contribution in [0.2, 0.25) is 0 Å². The predicted molar refractivity (Wildman–Crippen MR) is 81.7 cm³/mol. The van der Waals surface area contributed by atoms with E-state index in [0.29, 0.717) is 19.2 Å². The van der Waals surface area contributed by atoms with Crippen molar-refractivity contribution in [1.82, 2.24) is 15.5 Å². The van der Waals surface area contributed by atoms with Crippen molar-refractivity contribution >= 4 is 36.4 Å². The highest BCUT2D eigenvalue weighted by atomic mass is 32.2. The first-order chi connectivity index (χ1) is 10.0. The van der Waals surface area contributed by atoms with Gasteiger partial charge in [-0.05, 0) is 12.2 Å². The van der Waals surface area contributed by atoms with Crippen LogP contribution < -0.4 is 10.6 Å². The summed E-state index contributed by atoms with van der Waals surface area (Å²) in [6.07, 6.45) is 2.25. The van der Waals surface area contributed by atoms with Crippen molar-refractivity contribution in [3.8, 4) is 0 Å². The Bertz CT molecular complexity index is 352. The maximum atomic E-state index is 11.9. The van der Waals surface area contributed by atoms with Crippen LogP contribution in [0, 0.1) is 0 Å². The van der Waals surface area contributed by atoms with E-state index in [1.807, 2.05) is 6.92 Å². The highest BCUT2D eigenvalue weighted by molar-refractivity contribution is 7.99. The third kappa shape index (κ3) is 9.89. The fourth-order valence-electron chi connectivity index (χ4n) is 1.49. The number of imide groups is 1. The van der Waals surface area contributed by atoms with Crippen LogP contribution in [0.15, 0.2) is 0 Å². The lowest BCUT2D eigenvalue weighted by molar-refractivity contribution is -0.138. The molecule has 2 N–H and O–H groups in total. The monoisotopic (exact) mass is 317 g/mol. The summed E-state index contributed by atoms with van der Waals surface area (Å²) in [5.41, 5.74) is 0. The Labute approximate surface area is 129 Å². The Morgan fingerprint density at radius 3 is 2.62 bits per heavy atom. The molecule has 0 aliphatic heterocycles. The van der Waals surface area contributed by atoms with Gasteiger partial charge >= 0.3 is 0 Å². The molecule has 0 spiro atoms. The van der Waals surface area contributed by atoms with Crippen LogP contribution in [0.1, 0.15) is 26.7 Å². The second kappa shape index (κ2) is 12.2. The lowest BCUT2D eigenvalue weighted by Crippen LogP contribution is -2.40. The first-order valence-corrected chi connectivity index (χ1v) is 7.90. The number of nitrogens with zero attached hydrogens (tertiary/aromatic N) is 1. The number of nitrogens with one attached hydrogen (secondary N) is 2. The summed E-state index contributed by atoms with van der Waals surface area (Å²) < 4.78 is 0. The Balaban J connectivity index is 4.02. The third-order valence-electron chi connectivity index (χ3n) is 2.54. The van der Waals surface area contributed by atoms with E-state index in [0.717, 1.165) is 17.1 Å². The maximum Gasteiger partial charge on any atom is 0.239 e. The summed E-state index contributed by atoms with van der Waals surface area (Å²) >= 11 is 1.70. The van der Waals surface area contributed by atoms with E-state index in [2.05, 4.69) is 17.6 Å².